The highest BCUT2D eigenvalue weighted by molar-refractivity contribution is 8.93. The van der Waals surface area contributed by atoms with Crippen molar-refractivity contribution >= 4 is 34.0 Å². The predicted molar refractivity (Wildman–Crippen MR) is 140 cm³/mol. The van der Waals surface area contributed by atoms with Gasteiger partial charge < -0.3 is 5.11 Å². The summed E-state index contributed by atoms with van der Waals surface area (Å²) < 4.78 is 0. The van der Waals surface area contributed by atoms with Crippen molar-refractivity contribution < 1.29 is 5.11 Å². The van der Waals surface area contributed by atoms with Gasteiger partial charge in [-0.25, -0.2) is 0 Å². The van der Waals surface area contributed by atoms with E-state index in [0.717, 1.165) is 29.6 Å². The highest BCUT2D eigenvalue weighted by Gasteiger charge is 2.58. The van der Waals surface area contributed by atoms with E-state index in [2.05, 4.69) is 33.8 Å². The van der Waals surface area contributed by atoms with E-state index in [1.807, 2.05) is 5.57 Å². The van der Waals surface area contributed by atoms with E-state index >= 15 is 0 Å². The molecule has 0 aromatic heterocycles. The normalized spacial score (nSPS) is 41.8. The highest BCUT2D eigenvalue weighted by atomic mass is 79.9. The lowest BCUT2D eigenvalue weighted by atomic mass is 9.47. The third kappa shape index (κ3) is 4.65. The summed E-state index contributed by atoms with van der Waals surface area (Å²) in [6.45, 7) is 10.4. The van der Waals surface area contributed by atoms with E-state index in [1.54, 1.807) is 0 Å². The number of fused-ring (bicyclic) bond motifs is 5. The zero-order valence-electron chi connectivity index (χ0n) is 20.0. The van der Waals surface area contributed by atoms with E-state index in [0.29, 0.717) is 23.4 Å². The van der Waals surface area contributed by atoms with Gasteiger partial charge in [-0.3, -0.25) is 0 Å². The molecule has 0 saturated heterocycles. The molecule has 0 heterocycles. The first kappa shape index (κ1) is 26.9. The van der Waals surface area contributed by atoms with Gasteiger partial charge in [-0.1, -0.05) is 58.6 Å². The van der Waals surface area contributed by atoms with Crippen LogP contribution < -0.4 is 0 Å². The Morgan fingerprint density at radius 2 is 1.77 bits per heavy atom. The fourth-order valence-electron chi connectivity index (χ4n) is 8.75. The summed E-state index contributed by atoms with van der Waals surface area (Å²) in [7, 11) is 0. The summed E-state index contributed by atoms with van der Waals surface area (Å²) in [4.78, 5) is 0. The molecule has 0 aromatic rings. The van der Waals surface area contributed by atoms with Crippen LogP contribution >= 0.6 is 34.0 Å². The van der Waals surface area contributed by atoms with Crippen LogP contribution in [-0.4, -0.2) is 11.7 Å². The van der Waals surface area contributed by atoms with Crippen LogP contribution in [0.25, 0.3) is 0 Å². The Bertz CT molecular complexity index is 589. The summed E-state index contributed by atoms with van der Waals surface area (Å²) in [5.74, 6) is 5.20. The van der Waals surface area contributed by atoms with Gasteiger partial charge >= 0.3 is 0 Å². The van der Waals surface area contributed by atoms with Crippen molar-refractivity contribution in [1.29, 1.82) is 0 Å². The fraction of sp³-hybridized carbons (Fsp3) is 0.926. The van der Waals surface area contributed by atoms with Crippen LogP contribution in [0.15, 0.2) is 11.6 Å². The first-order valence-electron chi connectivity index (χ1n) is 12.7. The van der Waals surface area contributed by atoms with Crippen molar-refractivity contribution in [1.82, 2.24) is 0 Å². The van der Waals surface area contributed by atoms with E-state index in [-0.39, 0.29) is 34.0 Å². The van der Waals surface area contributed by atoms with Gasteiger partial charge in [0.2, 0.25) is 0 Å². The molecule has 4 aliphatic carbocycles. The van der Waals surface area contributed by atoms with Gasteiger partial charge in [0, 0.05) is 6.61 Å². The first-order valence-corrected chi connectivity index (χ1v) is 12.7. The molecule has 0 amide bonds. The molecule has 1 N–H and O–H groups in total. The number of hydrogen-bond acceptors (Lipinski definition) is 1. The Morgan fingerprint density at radius 3 is 2.50 bits per heavy atom. The Labute approximate surface area is 207 Å². The number of aliphatic hydroxyl groups excluding tert-OH is 1. The Morgan fingerprint density at radius 1 is 1.00 bits per heavy atom. The van der Waals surface area contributed by atoms with Crippen LogP contribution in [0.1, 0.15) is 105 Å². The second-order valence-electron chi connectivity index (χ2n) is 11.9. The summed E-state index contributed by atoms with van der Waals surface area (Å²) in [6.07, 6.45) is 19.7. The largest absolute Gasteiger partial charge is 0.396 e. The molecule has 0 aliphatic heterocycles. The molecular formula is C27H48Br2O. The van der Waals surface area contributed by atoms with Crippen LogP contribution in [0.5, 0.6) is 0 Å². The molecule has 0 aromatic carbocycles. The standard InChI is InChI=1S/C27H46O.2BrH/c1-19(18-28)8-7-9-20(2)23-13-14-24-22-12-11-21-10-5-6-16-26(21,3)25(22)15-17-27(23,24)4;;/h11,19-20,22-25,28H,5-10,12-18H2,1-4H3;2*1H/t19?,20-,22+,23-,24+,25+,26+,27-;;/m1../s1. The number of allylic oxidation sites excluding steroid dienone is 2. The SMILES string of the molecule is Br.Br.CC(CO)CCC[C@@H](C)[C@H]1CC[C@H]2[C@@H]3CC=C4CCCC[C@]4(C)[C@H]3CC[C@]12C. The van der Waals surface area contributed by atoms with Crippen molar-refractivity contribution in [2.24, 2.45) is 46.3 Å². The third-order valence-corrected chi connectivity index (χ3v) is 10.4. The molecule has 176 valence electrons. The highest BCUT2D eigenvalue weighted by Crippen LogP contribution is 2.67. The van der Waals surface area contributed by atoms with Gasteiger partial charge in [0.25, 0.3) is 0 Å². The maximum atomic E-state index is 9.32. The van der Waals surface area contributed by atoms with E-state index in [1.165, 1.54) is 77.0 Å². The minimum absolute atomic E-state index is 0. The second kappa shape index (κ2) is 10.7. The molecular weight excluding hydrogens is 500 g/mol. The lowest BCUT2D eigenvalue weighted by Gasteiger charge is -2.58. The molecule has 3 heteroatoms. The van der Waals surface area contributed by atoms with E-state index in [9.17, 15) is 5.11 Å². The zero-order chi connectivity index (χ0) is 19.9. The van der Waals surface area contributed by atoms with Gasteiger partial charge in [0.15, 0.2) is 0 Å². The Kier molecular flexibility index (Phi) is 9.62. The molecule has 0 radical (unpaired) electrons. The Balaban J connectivity index is 0.00000160. The van der Waals surface area contributed by atoms with Crippen LogP contribution in [0.3, 0.4) is 0 Å². The topological polar surface area (TPSA) is 20.2 Å². The van der Waals surface area contributed by atoms with Crippen LogP contribution in [0.2, 0.25) is 0 Å². The van der Waals surface area contributed by atoms with Crippen LogP contribution in [-0.2, 0) is 0 Å². The maximum absolute atomic E-state index is 9.32. The van der Waals surface area contributed by atoms with Crippen molar-refractivity contribution in [3.8, 4) is 0 Å². The quantitative estimate of drug-likeness (QED) is 0.330. The number of hydrogen-bond donors (Lipinski definition) is 1. The van der Waals surface area contributed by atoms with Crippen molar-refractivity contribution in [2.45, 2.75) is 105 Å². The molecule has 3 fully saturated rings. The smallest absolute Gasteiger partial charge is 0.0456 e. The van der Waals surface area contributed by atoms with Gasteiger partial charge in [0.1, 0.15) is 0 Å². The number of aliphatic hydroxyl groups is 1. The minimum atomic E-state index is 0. The maximum Gasteiger partial charge on any atom is 0.0456 e. The molecule has 1 nitrogen and oxygen atoms in total. The zero-order valence-corrected chi connectivity index (χ0v) is 23.4. The van der Waals surface area contributed by atoms with Gasteiger partial charge in [-0.15, -0.1) is 34.0 Å². The average molecular weight is 548 g/mol. The van der Waals surface area contributed by atoms with Crippen LogP contribution in [0.4, 0.5) is 0 Å². The summed E-state index contributed by atoms with van der Waals surface area (Å²) in [6, 6.07) is 0. The lowest BCUT2D eigenvalue weighted by Crippen LogP contribution is -2.50. The third-order valence-electron chi connectivity index (χ3n) is 10.4. The van der Waals surface area contributed by atoms with E-state index < -0.39 is 0 Å². The Hall–Kier alpha value is 0.660. The van der Waals surface area contributed by atoms with E-state index in [4.69, 9.17) is 0 Å². The van der Waals surface area contributed by atoms with Gasteiger partial charge in [-0.05, 0) is 104 Å². The van der Waals surface area contributed by atoms with Crippen molar-refractivity contribution in [3.63, 3.8) is 0 Å². The van der Waals surface area contributed by atoms with Gasteiger partial charge in [0.05, 0.1) is 0 Å². The molecule has 4 rings (SSSR count). The predicted octanol–water partition coefficient (Wildman–Crippen LogP) is 8.55. The number of rotatable bonds is 6. The number of halogens is 2. The first-order chi connectivity index (χ1) is 13.4. The summed E-state index contributed by atoms with van der Waals surface area (Å²) >= 11 is 0. The molecule has 1 unspecified atom stereocenters. The van der Waals surface area contributed by atoms with Crippen molar-refractivity contribution in [2.75, 3.05) is 6.61 Å². The molecule has 4 aliphatic rings. The fourth-order valence-corrected chi connectivity index (χ4v) is 8.75. The monoisotopic (exact) mass is 546 g/mol. The molecule has 30 heavy (non-hydrogen) atoms. The minimum Gasteiger partial charge on any atom is -0.396 e. The second-order valence-corrected chi connectivity index (χ2v) is 11.9. The van der Waals surface area contributed by atoms with Crippen molar-refractivity contribution in [3.05, 3.63) is 11.6 Å². The summed E-state index contributed by atoms with van der Waals surface area (Å²) in [5.41, 5.74) is 3.00. The molecule has 3 saturated carbocycles. The van der Waals surface area contributed by atoms with Crippen LogP contribution in [0, 0.1) is 46.3 Å². The molecule has 8 atom stereocenters. The van der Waals surface area contributed by atoms with Gasteiger partial charge in [-0.2, -0.15) is 0 Å². The molecule has 0 spiro atoms. The lowest BCUT2D eigenvalue weighted by molar-refractivity contribution is -0.0500. The average Bonchev–Trinajstić information content (AvgIpc) is 3.04. The summed E-state index contributed by atoms with van der Waals surface area (Å²) in [5, 5.41) is 9.32. The molecule has 0 bridgehead atoms.